The minimum absolute atomic E-state index is 0.0992. The summed E-state index contributed by atoms with van der Waals surface area (Å²) in [6.45, 7) is 0. The summed E-state index contributed by atoms with van der Waals surface area (Å²) in [6, 6.07) is 0.762. The van der Waals surface area contributed by atoms with Crippen molar-refractivity contribution in [2.45, 2.75) is 6.18 Å². The summed E-state index contributed by atoms with van der Waals surface area (Å²) in [6.07, 6.45) is -3.56. The first-order valence-electron chi connectivity index (χ1n) is 4.16. The quantitative estimate of drug-likeness (QED) is 0.861. The SMILES string of the molecule is Nc1nc(Br)n(-c2nccc(C(F)(F)F)n2)n1. The summed E-state index contributed by atoms with van der Waals surface area (Å²) in [5, 5.41) is 3.65. The number of aromatic nitrogens is 5. The van der Waals surface area contributed by atoms with Crippen LogP contribution in [0.1, 0.15) is 5.69 Å². The van der Waals surface area contributed by atoms with Gasteiger partial charge in [-0.2, -0.15) is 22.8 Å². The number of hydrogen-bond acceptors (Lipinski definition) is 5. The number of hydrogen-bond donors (Lipinski definition) is 1. The molecule has 17 heavy (non-hydrogen) atoms. The second-order valence-electron chi connectivity index (χ2n) is 2.89. The van der Waals surface area contributed by atoms with E-state index in [9.17, 15) is 13.2 Å². The topological polar surface area (TPSA) is 82.5 Å². The predicted molar refractivity (Wildman–Crippen MR) is 54.1 cm³/mol. The van der Waals surface area contributed by atoms with Crippen LogP contribution in [-0.2, 0) is 6.18 Å². The van der Waals surface area contributed by atoms with Gasteiger partial charge in [-0.25, -0.2) is 9.97 Å². The van der Waals surface area contributed by atoms with Gasteiger partial charge in [-0.05, 0) is 22.0 Å². The van der Waals surface area contributed by atoms with Gasteiger partial charge in [-0.15, -0.1) is 5.10 Å². The molecule has 2 heterocycles. The van der Waals surface area contributed by atoms with Gasteiger partial charge in [0.2, 0.25) is 10.7 Å². The first-order valence-corrected chi connectivity index (χ1v) is 4.96. The van der Waals surface area contributed by atoms with Crippen LogP contribution in [0.5, 0.6) is 0 Å². The molecule has 0 atom stereocenters. The molecule has 0 unspecified atom stereocenters. The summed E-state index contributed by atoms with van der Waals surface area (Å²) >= 11 is 2.98. The molecule has 0 aliphatic heterocycles. The molecule has 0 bridgehead atoms. The third-order valence-corrected chi connectivity index (χ3v) is 2.22. The molecule has 0 radical (unpaired) electrons. The van der Waals surface area contributed by atoms with Crippen LogP contribution < -0.4 is 5.73 Å². The van der Waals surface area contributed by atoms with Gasteiger partial charge in [-0.3, -0.25) is 0 Å². The Morgan fingerprint density at radius 2 is 2.00 bits per heavy atom. The third kappa shape index (κ3) is 2.35. The summed E-state index contributed by atoms with van der Waals surface area (Å²) in [5.74, 6) is -0.367. The lowest BCUT2D eigenvalue weighted by atomic mass is 10.4. The predicted octanol–water partition coefficient (Wildman–Crippen LogP) is 1.42. The lowest BCUT2D eigenvalue weighted by molar-refractivity contribution is -0.141. The molecular weight excluding hydrogens is 305 g/mol. The van der Waals surface area contributed by atoms with E-state index >= 15 is 0 Å². The van der Waals surface area contributed by atoms with Crippen LogP contribution >= 0.6 is 15.9 Å². The molecular formula is C7H4BrF3N6. The van der Waals surface area contributed by atoms with E-state index in [-0.39, 0.29) is 16.6 Å². The van der Waals surface area contributed by atoms with Crippen LogP contribution in [0.15, 0.2) is 17.0 Å². The highest BCUT2D eigenvalue weighted by atomic mass is 79.9. The Morgan fingerprint density at radius 1 is 1.29 bits per heavy atom. The van der Waals surface area contributed by atoms with E-state index < -0.39 is 11.9 Å². The average Bonchev–Trinajstić information content (AvgIpc) is 2.57. The van der Waals surface area contributed by atoms with E-state index in [1.165, 1.54) is 0 Å². The molecule has 0 aliphatic carbocycles. The highest BCUT2D eigenvalue weighted by Crippen LogP contribution is 2.27. The molecule has 0 saturated heterocycles. The zero-order valence-corrected chi connectivity index (χ0v) is 9.57. The van der Waals surface area contributed by atoms with Crippen molar-refractivity contribution in [1.82, 2.24) is 24.7 Å². The van der Waals surface area contributed by atoms with E-state index in [1.807, 2.05) is 0 Å². The van der Waals surface area contributed by atoms with Crippen LogP contribution in [0.2, 0.25) is 0 Å². The van der Waals surface area contributed by atoms with Crippen LogP contribution in [0.3, 0.4) is 0 Å². The lowest BCUT2D eigenvalue weighted by Gasteiger charge is -2.06. The Kier molecular flexibility index (Phi) is 2.73. The smallest absolute Gasteiger partial charge is 0.366 e. The fourth-order valence-electron chi connectivity index (χ4n) is 1.04. The van der Waals surface area contributed by atoms with Crippen molar-refractivity contribution in [3.63, 3.8) is 0 Å². The van der Waals surface area contributed by atoms with Crippen LogP contribution in [0, 0.1) is 0 Å². The largest absolute Gasteiger partial charge is 0.433 e. The van der Waals surface area contributed by atoms with Gasteiger partial charge in [0.25, 0.3) is 5.95 Å². The number of halogens is 4. The molecule has 2 N–H and O–H groups in total. The Balaban J connectivity index is 2.50. The van der Waals surface area contributed by atoms with Gasteiger partial charge in [0.1, 0.15) is 5.69 Å². The maximum absolute atomic E-state index is 12.4. The lowest BCUT2D eigenvalue weighted by Crippen LogP contribution is -2.12. The number of nitrogens with two attached hydrogens (primary N) is 1. The molecule has 0 saturated carbocycles. The summed E-state index contributed by atoms with van der Waals surface area (Å²) < 4.78 is 38.3. The van der Waals surface area contributed by atoms with Gasteiger partial charge < -0.3 is 5.73 Å². The fraction of sp³-hybridized carbons (Fsp3) is 0.143. The minimum Gasteiger partial charge on any atom is -0.366 e. The highest BCUT2D eigenvalue weighted by Gasteiger charge is 2.33. The molecule has 0 aromatic carbocycles. The van der Waals surface area contributed by atoms with E-state index in [4.69, 9.17) is 5.73 Å². The Morgan fingerprint density at radius 3 is 2.53 bits per heavy atom. The number of rotatable bonds is 1. The van der Waals surface area contributed by atoms with Gasteiger partial charge in [0, 0.05) is 6.20 Å². The molecule has 2 aromatic rings. The second-order valence-corrected chi connectivity index (χ2v) is 3.60. The average molecular weight is 309 g/mol. The molecule has 0 spiro atoms. The van der Waals surface area contributed by atoms with E-state index in [0.29, 0.717) is 0 Å². The third-order valence-electron chi connectivity index (χ3n) is 1.71. The van der Waals surface area contributed by atoms with Crippen molar-refractivity contribution in [2.75, 3.05) is 5.73 Å². The summed E-state index contributed by atoms with van der Waals surface area (Å²) in [7, 11) is 0. The standard InChI is InChI=1S/C7H4BrF3N6/c8-4-15-5(12)16-17(4)6-13-2-1-3(14-6)7(9,10)11/h1-2H,(H2,12,16). The normalized spacial score (nSPS) is 11.8. The number of nitrogens with zero attached hydrogens (tertiary/aromatic N) is 5. The fourth-order valence-corrected chi connectivity index (χ4v) is 1.46. The molecule has 6 nitrogen and oxygen atoms in total. The van der Waals surface area contributed by atoms with E-state index in [2.05, 4.69) is 36.0 Å². The van der Waals surface area contributed by atoms with Gasteiger partial charge in [-0.1, -0.05) is 0 Å². The van der Waals surface area contributed by atoms with E-state index in [0.717, 1.165) is 16.9 Å². The summed E-state index contributed by atoms with van der Waals surface area (Å²) in [4.78, 5) is 10.7. The summed E-state index contributed by atoms with van der Waals surface area (Å²) in [5.41, 5.74) is 4.22. The number of anilines is 1. The zero-order chi connectivity index (χ0) is 12.6. The first-order chi connectivity index (χ1) is 7.88. The maximum atomic E-state index is 12.4. The maximum Gasteiger partial charge on any atom is 0.433 e. The molecule has 0 fully saturated rings. The highest BCUT2D eigenvalue weighted by molar-refractivity contribution is 9.10. The monoisotopic (exact) mass is 308 g/mol. The van der Waals surface area contributed by atoms with Gasteiger partial charge in [0.05, 0.1) is 0 Å². The molecule has 2 aromatic heterocycles. The number of alkyl halides is 3. The molecule has 0 aliphatic rings. The van der Waals surface area contributed by atoms with Gasteiger partial charge >= 0.3 is 6.18 Å². The first kappa shape index (κ1) is 11.8. The van der Waals surface area contributed by atoms with Crippen molar-refractivity contribution in [3.05, 3.63) is 22.7 Å². The van der Waals surface area contributed by atoms with Crippen molar-refractivity contribution in [1.29, 1.82) is 0 Å². The van der Waals surface area contributed by atoms with E-state index in [1.54, 1.807) is 0 Å². The Hall–Kier alpha value is -1.71. The Bertz CT molecular complexity index is 551. The zero-order valence-electron chi connectivity index (χ0n) is 7.98. The molecule has 10 heteroatoms. The molecule has 2 rings (SSSR count). The molecule has 0 amide bonds. The number of nitrogen functional groups attached to an aromatic ring is 1. The van der Waals surface area contributed by atoms with Crippen LogP contribution in [-0.4, -0.2) is 24.7 Å². The molecule has 90 valence electrons. The van der Waals surface area contributed by atoms with Crippen molar-refractivity contribution < 1.29 is 13.2 Å². The minimum atomic E-state index is -4.55. The second kappa shape index (κ2) is 3.95. The Labute approximate surface area is 101 Å². The van der Waals surface area contributed by atoms with Crippen LogP contribution in [0.4, 0.5) is 19.1 Å². The van der Waals surface area contributed by atoms with Crippen LogP contribution in [0.25, 0.3) is 5.95 Å². The van der Waals surface area contributed by atoms with Crippen molar-refractivity contribution >= 4 is 21.9 Å². The van der Waals surface area contributed by atoms with Gasteiger partial charge in [0.15, 0.2) is 0 Å². The van der Waals surface area contributed by atoms with Crippen molar-refractivity contribution in [2.24, 2.45) is 0 Å². The van der Waals surface area contributed by atoms with Crippen molar-refractivity contribution in [3.8, 4) is 5.95 Å².